The van der Waals surface area contributed by atoms with Crippen LogP contribution in [0.2, 0.25) is 0 Å². The minimum absolute atomic E-state index is 0.0836. The van der Waals surface area contributed by atoms with Crippen molar-refractivity contribution in [1.82, 2.24) is 5.43 Å². The molecule has 0 radical (unpaired) electrons. The van der Waals surface area contributed by atoms with E-state index in [1.54, 1.807) is 25.3 Å². The van der Waals surface area contributed by atoms with E-state index >= 15 is 0 Å². The maximum atomic E-state index is 11.8. The van der Waals surface area contributed by atoms with Gasteiger partial charge in [0, 0.05) is 6.42 Å². The highest BCUT2D eigenvalue weighted by molar-refractivity contribution is 7.91. The van der Waals surface area contributed by atoms with Gasteiger partial charge in [0.15, 0.2) is 21.3 Å². The molecule has 0 aromatic heterocycles. The summed E-state index contributed by atoms with van der Waals surface area (Å²) in [6.45, 7) is 2.43. The van der Waals surface area contributed by atoms with E-state index in [1.165, 1.54) is 6.21 Å². The Hall–Kier alpha value is -2.09. The van der Waals surface area contributed by atoms with Crippen molar-refractivity contribution in [2.24, 2.45) is 11.0 Å². The number of hydrazone groups is 1. The average molecular weight is 354 g/mol. The van der Waals surface area contributed by atoms with Crippen LogP contribution < -0.4 is 14.9 Å². The quantitative estimate of drug-likeness (QED) is 0.589. The molecule has 0 spiro atoms. The highest BCUT2D eigenvalue weighted by Crippen LogP contribution is 2.27. The predicted molar refractivity (Wildman–Crippen MR) is 91.3 cm³/mol. The van der Waals surface area contributed by atoms with Crippen molar-refractivity contribution in [3.63, 3.8) is 0 Å². The van der Waals surface area contributed by atoms with Crippen molar-refractivity contribution in [2.75, 3.05) is 25.2 Å². The van der Waals surface area contributed by atoms with Crippen LogP contribution in [-0.4, -0.2) is 45.8 Å². The molecule has 1 aliphatic heterocycles. The summed E-state index contributed by atoms with van der Waals surface area (Å²) in [5.41, 5.74) is 3.18. The minimum atomic E-state index is -2.97. The Bertz CT molecular complexity index is 715. The fourth-order valence-corrected chi connectivity index (χ4v) is 4.42. The van der Waals surface area contributed by atoms with E-state index in [9.17, 15) is 13.2 Å². The highest BCUT2D eigenvalue weighted by Gasteiger charge is 2.29. The normalized spacial score (nSPS) is 19.3. The van der Waals surface area contributed by atoms with Crippen molar-refractivity contribution in [1.29, 1.82) is 0 Å². The van der Waals surface area contributed by atoms with Gasteiger partial charge >= 0.3 is 0 Å². The zero-order valence-electron chi connectivity index (χ0n) is 13.8. The Morgan fingerprint density at radius 2 is 2.21 bits per heavy atom. The molecule has 1 heterocycles. The Morgan fingerprint density at radius 3 is 2.83 bits per heavy atom. The molecule has 1 atom stereocenters. The van der Waals surface area contributed by atoms with E-state index < -0.39 is 9.84 Å². The van der Waals surface area contributed by atoms with Crippen LogP contribution >= 0.6 is 0 Å². The van der Waals surface area contributed by atoms with E-state index in [-0.39, 0.29) is 29.8 Å². The number of hydrogen-bond acceptors (Lipinski definition) is 6. The van der Waals surface area contributed by atoms with Crippen LogP contribution in [0.3, 0.4) is 0 Å². The lowest BCUT2D eigenvalue weighted by Gasteiger charge is -2.09. The molecule has 0 saturated carbocycles. The molecule has 7 nitrogen and oxygen atoms in total. The number of rotatable bonds is 7. The molecule has 1 aromatic carbocycles. The molecular weight excluding hydrogens is 332 g/mol. The third-order valence-electron chi connectivity index (χ3n) is 3.69. The van der Waals surface area contributed by atoms with Gasteiger partial charge in [0.25, 0.3) is 0 Å². The Balaban J connectivity index is 1.88. The first-order valence-corrected chi connectivity index (χ1v) is 9.59. The van der Waals surface area contributed by atoms with Gasteiger partial charge in [0.2, 0.25) is 5.91 Å². The second kappa shape index (κ2) is 8.14. The number of sulfone groups is 1. The molecule has 1 saturated heterocycles. The van der Waals surface area contributed by atoms with Crippen molar-refractivity contribution in [3.05, 3.63) is 23.8 Å². The van der Waals surface area contributed by atoms with Crippen molar-refractivity contribution in [3.8, 4) is 11.5 Å². The zero-order valence-corrected chi connectivity index (χ0v) is 14.6. The standard InChI is InChI=1S/C16H22N2O5S/c1-3-23-14-5-4-12(8-15(14)22-2)10-17-18-16(19)9-13-6-7-24(20,21)11-13/h4-5,8,10,13H,3,6-7,9,11H2,1-2H3,(H,18,19)/b17-10-/t13-/m1/s1. The van der Waals surface area contributed by atoms with Crippen LogP contribution in [0.1, 0.15) is 25.3 Å². The summed E-state index contributed by atoms with van der Waals surface area (Å²) in [4.78, 5) is 11.8. The van der Waals surface area contributed by atoms with E-state index in [0.717, 1.165) is 5.56 Å². The first kappa shape index (κ1) is 18.3. The molecule has 0 bridgehead atoms. The summed E-state index contributed by atoms with van der Waals surface area (Å²) in [5.74, 6) is 1.08. The molecule has 1 aliphatic rings. The summed E-state index contributed by atoms with van der Waals surface area (Å²) in [6.07, 6.45) is 2.21. The summed E-state index contributed by atoms with van der Waals surface area (Å²) in [7, 11) is -1.41. The number of nitrogens with one attached hydrogen (secondary N) is 1. The van der Waals surface area contributed by atoms with Gasteiger partial charge in [-0.15, -0.1) is 0 Å². The smallest absolute Gasteiger partial charge is 0.240 e. The van der Waals surface area contributed by atoms with Crippen LogP contribution in [0.4, 0.5) is 0 Å². The maximum Gasteiger partial charge on any atom is 0.240 e. The molecule has 8 heteroatoms. The lowest BCUT2D eigenvalue weighted by Crippen LogP contribution is -2.21. The molecule has 24 heavy (non-hydrogen) atoms. The molecule has 1 amide bonds. The number of carbonyl (C=O) groups excluding carboxylic acids is 1. The Labute approximate surface area is 142 Å². The molecule has 1 N–H and O–H groups in total. The van der Waals surface area contributed by atoms with Gasteiger partial charge in [0.05, 0.1) is 31.4 Å². The van der Waals surface area contributed by atoms with Crippen LogP contribution in [-0.2, 0) is 14.6 Å². The third-order valence-corrected chi connectivity index (χ3v) is 5.53. The van der Waals surface area contributed by atoms with Gasteiger partial charge < -0.3 is 9.47 Å². The topological polar surface area (TPSA) is 94.1 Å². The van der Waals surface area contributed by atoms with Gasteiger partial charge in [-0.1, -0.05) is 0 Å². The predicted octanol–water partition coefficient (Wildman–Crippen LogP) is 1.37. The number of nitrogens with zero attached hydrogens (tertiary/aromatic N) is 1. The van der Waals surface area contributed by atoms with E-state index in [4.69, 9.17) is 9.47 Å². The largest absolute Gasteiger partial charge is 0.493 e. The SMILES string of the molecule is CCOc1ccc(/C=N\NC(=O)C[C@H]2CCS(=O)(=O)C2)cc1OC. The number of carbonyl (C=O) groups is 1. The van der Waals surface area contributed by atoms with Crippen LogP contribution in [0.15, 0.2) is 23.3 Å². The van der Waals surface area contributed by atoms with E-state index in [2.05, 4.69) is 10.5 Å². The summed E-state index contributed by atoms with van der Waals surface area (Å²) < 4.78 is 33.4. The summed E-state index contributed by atoms with van der Waals surface area (Å²) >= 11 is 0. The molecule has 1 fully saturated rings. The number of ether oxygens (including phenoxy) is 2. The van der Waals surface area contributed by atoms with Gasteiger partial charge in [-0.25, -0.2) is 13.8 Å². The fourth-order valence-electron chi connectivity index (χ4n) is 2.56. The monoisotopic (exact) mass is 354 g/mol. The van der Waals surface area contributed by atoms with Crippen molar-refractivity contribution in [2.45, 2.75) is 19.8 Å². The molecule has 0 aliphatic carbocycles. The van der Waals surface area contributed by atoms with Crippen LogP contribution in [0, 0.1) is 5.92 Å². The average Bonchev–Trinajstić information content (AvgIpc) is 2.87. The van der Waals surface area contributed by atoms with Crippen LogP contribution in [0.25, 0.3) is 0 Å². The summed E-state index contributed by atoms with van der Waals surface area (Å²) in [6, 6.07) is 5.33. The molecular formula is C16H22N2O5S. The third kappa shape index (κ3) is 5.23. The lowest BCUT2D eigenvalue weighted by molar-refractivity contribution is -0.121. The van der Waals surface area contributed by atoms with Gasteiger partial charge in [-0.05, 0) is 43.0 Å². The summed E-state index contributed by atoms with van der Waals surface area (Å²) in [5, 5.41) is 3.90. The highest BCUT2D eigenvalue weighted by atomic mass is 32.2. The van der Waals surface area contributed by atoms with Crippen LogP contribution in [0.5, 0.6) is 11.5 Å². The molecule has 0 unspecified atom stereocenters. The Kier molecular flexibility index (Phi) is 6.19. The number of benzene rings is 1. The number of amides is 1. The zero-order chi connectivity index (χ0) is 17.6. The van der Waals surface area contributed by atoms with Gasteiger partial charge in [0.1, 0.15) is 0 Å². The first-order valence-electron chi connectivity index (χ1n) is 7.76. The first-order chi connectivity index (χ1) is 11.4. The minimum Gasteiger partial charge on any atom is -0.493 e. The Morgan fingerprint density at radius 1 is 1.42 bits per heavy atom. The molecule has 1 aromatic rings. The maximum absolute atomic E-state index is 11.8. The van der Waals surface area contributed by atoms with Gasteiger partial charge in [-0.2, -0.15) is 5.10 Å². The van der Waals surface area contributed by atoms with Crippen molar-refractivity contribution < 1.29 is 22.7 Å². The molecule has 132 valence electrons. The van der Waals surface area contributed by atoms with Crippen molar-refractivity contribution >= 4 is 22.0 Å². The number of hydrogen-bond donors (Lipinski definition) is 1. The lowest BCUT2D eigenvalue weighted by atomic mass is 10.1. The number of methoxy groups -OCH3 is 1. The van der Waals surface area contributed by atoms with E-state index in [1.807, 2.05) is 6.92 Å². The second-order valence-corrected chi connectivity index (χ2v) is 7.84. The second-order valence-electron chi connectivity index (χ2n) is 5.61. The fraction of sp³-hybridized carbons (Fsp3) is 0.500. The van der Waals surface area contributed by atoms with E-state index in [0.29, 0.717) is 24.5 Å². The van der Waals surface area contributed by atoms with Gasteiger partial charge in [-0.3, -0.25) is 4.79 Å². The molecule has 2 rings (SSSR count).